The van der Waals surface area contributed by atoms with Gasteiger partial charge in [-0.2, -0.15) is 0 Å². The van der Waals surface area contributed by atoms with Gasteiger partial charge in [-0.25, -0.2) is 0 Å². The Balaban J connectivity index is 2.41. The molecule has 1 aromatic carbocycles. The van der Waals surface area contributed by atoms with E-state index in [2.05, 4.69) is 50.3 Å². The highest BCUT2D eigenvalue weighted by atomic mass is 16.6. The van der Waals surface area contributed by atoms with Gasteiger partial charge in [-0.15, -0.1) is 0 Å². The van der Waals surface area contributed by atoms with Gasteiger partial charge in [-0.1, -0.05) is 36.3 Å². The van der Waals surface area contributed by atoms with E-state index in [0.29, 0.717) is 6.54 Å². The smallest absolute Gasteiger partial charge is 0.144 e. The van der Waals surface area contributed by atoms with Gasteiger partial charge in [0, 0.05) is 12.1 Å². The second-order valence-electron chi connectivity index (χ2n) is 6.31. The second kappa shape index (κ2) is 8.15. The zero-order chi connectivity index (χ0) is 15.9. The van der Waals surface area contributed by atoms with Crippen LogP contribution in [0.25, 0.3) is 0 Å². The third-order valence-electron chi connectivity index (χ3n) is 3.12. The van der Waals surface area contributed by atoms with Gasteiger partial charge in [0.05, 0.1) is 5.71 Å². The summed E-state index contributed by atoms with van der Waals surface area (Å²) in [7, 11) is 0. The Labute approximate surface area is 128 Å². The molecule has 1 aromatic rings. The van der Waals surface area contributed by atoms with Crippen molar-refractivity contribution >= 4 is 5.71 Å². The number of hydrogen-bond acceptors (Lipinski definition) is 4. The van der Waals surface area contributed by atoms with E-state index in [1.54, 1.807) is 0 Å². The minimum Gasteiger partial charge on any atom is -0.393 e. The number of β-amino-alcohol motifs (C(OH)–C–C–N with tert-alkyl or cyclic N) is 1. The maximum Gasteiger partial charge on any atom is 0.144 e. The summed E-state index contributed by atoms with van der Waals surface area (Å²) >= 11 is 0. The summed E-state index contributed by atoms with van der Waals surface area (Å²) in [6.07, 6.45) is 0.461. The quantitative estimate of drug-likeness (QED) is 0.600. The molecule has 4 heteroatoms. The molecule has 0 amide bonds. The summed E-state index contributed by atoms with van der Waals surface area (Å²) in [5.74, 6) is 0. The van der Waals surface area contributed by atoms with Crippen LogP contribution in [0.1, 0.15) is 45.7 Å². The standard InChI is InChI=1S/C17H28N2O2/c1-6-14-7-9-15(10-8-14)13(2)19-21-12-16(20)11-18-17(3,4)5/h7-10,16,18,20H,6,11-12H2,1-5H3/b19-13+. The topological polar surface area (TPSA) is 53.9 Å². The first-order valence-corrected chi connectivity index (χ1v) is 7.51. The molecule has 0 aromatic heterocycles. The van der Waals surface area contributed by atoms with E-state index >= 15 is 0 Å². The van der Waals surface area contributed by atoms with E-state index in [1.165, 1.54) is 5.56 Å². The lowest BCUT2D eigenvalue weighted by Crippen LogP contribution is -2.42. The number of rotatable bonds is 7. The fraction of sp³-hybridized carbons (Fsp3) is 0.588. The largest absolute Gasteiger partial charge is 0.393 e. The lowest BCUT2D eigenvalue weighted by molar-refractivity contribution is 0.0373. The monoisotopic (exact) mass is 292 g/mol. The lowest BCUT2D eigenvalue weighted by atomic mass is 10.1. The molecule has 4 nitrogen and oxygen atoms in total. The van der Waals surface area contributed by atoms with E-state index in [9.17, 15) is 5.11 Å². The zero-order valence-corrected chi connectivity index (χ0v) is 13.8. The molecule has 0 aliphatic heterocycles. The average Bonchev–Trinajstić information content (AvgIpc) is 2.44. The van der Waals surface area contributed by atoms with E-state index in [-0.39, 0.29) is 12.1 Å². The molecule has 0 fully saturated rings. The van der Waals surface area contributed by atoms with Crippen molar-refractivity contribution in [1.29, 1.82) is 0 Å². The first kappa shape index (κ1) is 17.7. The van der Waals surface area contributed by atoms with Crippen LogP contribution in [0.2, 0.25) is 0 Å². The molecule has 0 radical (unpaired) electrons. The van der Waals surface area contributed by atoms with Crippen molar-refractivity contribution in [2.24, 2.45) is 5.16 Å². The SMILES string of the molecule is CCc1ccc(/C(C)=N/OCC(O)CNC(C)(C)C)cc1. The molecule has 0 spiro atoms. The van der Waals surface area contributed by atoms with Crippen molar-refractivity contribution in [2.75, 3.05) is 13.2 Å². The molecule has 0 saturated heterocycles. The molecule has 21 heavy (non-hydrogen) atoms. The van der Waals surface area contributed by atoms with Crippen molar-refractivity contribution in [3.8, 4) is 0 Å². The molecule has 0 bridgehead atoms. The first-order valence-electron chi connectivity index (χ1n) is 7.51. The highest BCUT2D eigenvalue weighted by Gasteiger charge is 2.12. The summed E-state index contributed by atoms with van der Waals surface area (Å²) in [6.45, 7) is 10.9. The predicted octanol–water partition coefficient (Wildman–Crippen LogP) is 2.74. The zero-order valence-electron chi connectivity index (χ0n) is 13.8. The normalized spacial score (nSPS) is 14.1. The van der Waals surface area contributed by atoms with Gasteiger partial charge in [0.25, 0.3) is 0 Å². The highest BCUT2D eigenvalue weighted by Crippen LogP contribution is 2.07. The van der Waals surface area contributed by atoms with E-state index in [1.807, 2.05) is 19.1 Å². The Kier molecular flexibility index (Phi) is 6.85. The van der Waals surface area contributed by atoms with Gasteiger partial charge in [-0.3, -0.25) is 0 Å². The van der Waals surface area contributed by atoms with Gasteiger partial charge < -0.3 is 15.3 Å². The highest BCUT2D eigenvalue weighted by molar-refractivity contribution is 5.98. The Morgan fingerprint density at radius 1 is 1.29 bits per heavy atom. The number of aliphatic hydroxyl groups excluding tert-OH is 1. The minimum atomic E-state index is -0.566. The summed E-state index contributed by atoms with van der Waals surface area (Å²) in [4.78, 5) is 5.23. The molecule has 0 heterocycles. The predicted molar refractivity (Wildman–Crippen MR) is 87.7 cm³/mol. The summed E-state index contributed by atoms with van der Waals surface area (Å²) < 4.78 is 0. The van der Waals surface area contributed by atoms with Crippen molar-refractivity contribution in [3.05, 3.63) is 35.4 Å². The molecule has 118 valence electrons. The van der Waals surface area contributed by atoms with Crippen LogP contribution in [0.3, 0.4) is 0 Å². The van der Waals surface area contributed by atoms with Gasteiger partial charge >= 0.3 is 0 Å². The molecule has 0 saturated carbocycles. The third kappa shape index (κ3) is 7.25. The number of aryl methyl sites for hydroxylation is 1. The van der Waals surface area contributed by atoms with Crippen LogP contribution in [0.4, 0.5) is 0 Å². The van der Waals surface area contributed by atoms with Crippen LogP contribution in [0, 0.1) is 0 Å². The van der Waals surface area contributed by atoms with Crippen LogP contribution >= 0.6 is 0 Å². The van der Waals surface area contributed by atoms with Crippen molar-refractivity contribution < 1.29 is 9.94 Å². The summed E-state index contributed by atoms with van der Waals surface area (Å²) in [5, 5.41) is 17.1. The van der Waals surface area contributed by atoms with Crippen molar-refractivity contribution in [1.82, 2.24) is 5.32 Å². The summed E-state index contributed by atoms with van der Waals surface area (Å²) in [5.41, 5.74) is 3.14. The van der Waals surface area contributed by atoms with Crippen LogP contribution in [0.15, 0.2) is 29.4 Å². The second-order valence-corrected chi connectivity index (χ2v) is 6.31. The molecular weight excluding hydrogens is 264 g/mol. The molecular formula is C17H28N2O2. The number of hydrogen-bond donors (Lipinski definition) is 2. The third-order valence-corrected chi connectivity index (χ3v) is 3.12. The van der Waals surface area contributed by atoms with E-state index in [0.717, 1.165) is 17.7 Å². The maximum absolute atomic E-state index is 9.81. The molecule has 1 unspecified atom stereocenters. The van der Waals surface area contributed by atoms with Crippen LogP contribution in [-0.2, 0) is 11.3 Å². The van der Waals surface area contributed by atoms with Gasteiger partial charge in [0.15, 0.2) is 0 Å². The number of aliphatic hydroxyl groups is 1. The van der Waals surface area contributed by atoms with Crippen LogP contribution in [-0.4, -0.2) is 35.6 Å². The first-order chi connectivity index (χ1) is 9.81. The van der Waals surface area contributed by atoms with E-state index < -0.39 is 6.10 Å². The van der Waals surface area contributed by atoms with E-state index in [4.69, 9.17) is 4.84 Å². The fourth-order valence-electron chi connectivity index (χ4n) is 1.74. The van der Waals surface area contributed by atoms with Gasteiger partial charge in [0.2, 0.25) is 0 Å². The van der Waals surface area contributed by atoms with Crippen LogP contribution in [0.5, 0.6) is 0 Å². The molecule has 2 N–H and O–H groups in total. The minimum absolute atomic E-state index is 0.0127. The number of oxime groups is 1. The number of nitrogens with zero attached hydrogens (tertiary/aromatic N) is 1. The Morgan fingerprint density at radius 3 is 2.43 bits per heavy atom. The van der Waals surface area contributed by atoms with Crippen LogP contribution < -0.4 is 5.32 Å². The molecule has 1 rings (SSSR count). The molecule has 0 aliphatic rings. The Morgan fingerprint density at radius 2 is 1.90 bits per heavy atom. The van der Waals surface area contributed by atoms with Crippen molar-refractivity contribution in [3.63, 3.8) is 0 Å². The Hall–Kier alpha value is -1.39. The summed E-state index contributed by atoms with van der Waals surface area (Å²) in [6, 6.07) is 8.27. The van der Waals surface area contributed by atoms with Gasteiger partial charge in [-0.05, 0) is 45.2 Å². The Bertz CT molecular complexity index is 447. The molecule has 1 atom stereocenters. The number of nitrogens with one attached hydrogen (secondary N) is 1. The molecule has 0 aliphatic carbocycles. The lowest BCUT2D eigenvalue weighted by Gasteiger charge is -2.22. The van der Waals surface area contributed by atoms with Gasteiger partial charge in [0.1, 0.15) is 12.7 Å². The number of benzene rings is 1. The van der Waals surface area contributed by atoms with Crippen molar-refractivity contribution in [2.45, 2.75) is 52.7 Å². The maximum atomic E-state index is 9.81. The fourth-order valence-corrected chi connectivity index (χ4v) is 1.74. The average molecular weight is 292 g/mol.